The molecule has 0 aromatic rings. The number of Topliss-reactive ketones (excluding diaryl/α,β-unsaturated/α-hetero) is 1. The highest BCUT2D eigenvalue weighted by molar-refractivity contribution is 5.85. The molecular weight excluding hydrogens is 374 g/mol. The molecule has 0 unspecified atom stereocenters. The third-order valence-corrected chi connectivity index (χ3v) is 6.88. The molecule has 0 aromatic carbocycles. The summed E-state index contributed by atoms with van der Waals surface area (Å²) in [6.07, 6.45) is 2.08. The van der Waals surface area contributed by atoms with E-state index in [-0.39, 0.29) is 23.6 Å². The molecule has 1 amide bonds. The number of esters is 1. The van der Waals surface area contributed by atoms with Gasteiger partial charge >= 0.3 is 12.1 Å². The lowest BCUT2D eigenvalue weighted by Crippen LogP contribution is -2.56. The van der Waals surface area contributed by atoms with Gasteiger partial charge < -0.3 is 19.5 Å². The zero-order valence-corrected chi connectivity index (χ0v) is 18.9. The van der Waals surface area contributed by atoms with Crippen molar-refractivity contribution in [3.8, 4) is 0 Å². The van der Waals surface area contributed by atoms with Gasteiger partial charge in [0, 0.05) is 18.9 Å². The van der Waals surface area contributed by atoms with Crippen LogP contribution in [0, 0.1) is 17.8 Å². The average molecular weight is 412 g/mol. The van der Waals surface area contributed by atoms with Gasteiger partial charge in [-0.2, -0.15) is 0 Å². The predicted molar refractivity (Wildman–Crippen MR) is 108 cm³/mol. The summed E-state index contributed by atoms with van der Waals surface area (Å²) in [4.78, 5) is 38.1. The number of amides is 1. The van der Waals surface area contributed by atoms with Crippen molar-refractivity contribution in [3.63, 3.8) is 0 Å². The maximum Gasteiger partial charge on any atom is 0.408 e. The van der Waals surface area contributed by atoms with Crippen molar-refractivity contribution in [3.05, 3.63) is 0 Å². The molecule has 0 aromatic heterocycles. The van der Waals surface area contributed by atoms with Gasteiger partial charge in [0.05, 0.1) is 17.6 Å². The zero-order valence-electron chi connectivity index (χ0n) is 18.9. The van der Waals surface area contributed by atoms with E-state index in [1.165, 1.54) is 0 Å². The second-order valence-electron chi connectivity index (χ2n) is 9.27. The van der Waals surface area contributed by atoms with Gasteiger partial charge in [0.1, 0.15) is 11.9 Å². The van der Waals surface area contributed by atoms with Crippen LogP contribution in [0.1, 0.15) is 73.6 Å². The fourth-order valence-corrected chi connectivity index (χ4v) is 4.86. The van der Waals surface area contributed by atoms with Crippen molar-refractivity contribution in [1.29, 1.82) is 0 Å². The van der Waals surface area contributed by atoms with E-state index in [0.717, 1.165) is 12.8 Å². The first-order valence-electron chi connectivity index (χ1n) is 10.8. The summed E-state index contributed by atoms with van der Waals surface area (Å²) in [6, 6.07) is -0.574. The molecule has 2 heterocycles. The molecule has 29 heavy (non-hydrogen) atoms. The Morgan fingerprint density at radius 2 is 1.79 bits per heavy atom. The Morgan fingerprint density at radius 1 is 1.14 bits per heavy atom. The minimum atomic E-state index is -1.11. The first-order chi connectivity index (χ1) is 13.5. The number of carbonyl (C=O) groups is 3. The number of cyclic esters (lactones) is 1. The van der Waals surface area contributed by atoms with E-state index < -0.39 is 35.4 Å². The van der Waals surface area contributed by atoms with E-state index in [4.69, 9.17) is 14.2 Å². The lowest BCUT2D eigenvalue weighted by molar-refractivity contribution is -0.169. The van der Waals surface area contributed by atoms with E-state index in [1.807, 2.05) is 34.6 Å². The van der Waals surface area contributed by atoms with Crippen LogP contribution in [-0.4, -0.2) is 48.3 Å². The molecule has 7 atom stereocenters. The summed E-state index contributed by atoms with van der Waals surface area (Å²) in [6.45, 7) is 11.2. The van der Waals surface area contributed by atoms with Crippen LogP contribution in [0.25, 0.3) is 0 Å². The third-order valence-electron chi connectivity index (χ3n) is 6.88. The van der Waals surface area contributed by atoms with Gasteiger partial charge in [0.25, 0.3) is 0 Å². The zero-order chi connectivity index (χ0) is 22.0. The van der Waals surface area contributed by atoms with E-state index in [9.17, 15) is 14.4 Å². The summed E-state index contributed by atoms with van der Waals surface area (Å²) in [5.41, 5.74) is -1.56. The fourth-order valence-electron chi connectivity index (χ4n) is 4.86. The highest BCUT2D eigenvalue weighted by Crippen LogP contribution is 2.37. The van der Waals surface area contributed by atoms with Gasteiger partial charge in [-0.1, -0.05) is 27.7 Å². The molecule has 0 bridgehead atoms. The maximum absolute atomic E-state index is 13.3. The number of nitrogens with one attached hydrogen (secondary N) is 1. The molecule has 166 valence electrons. The third kappa shape index (κ3) is 4.93. The summed E-state index contributed by atoms with van der Waals surface area (Å²) >= 11 is 0. The van der Waals surface area contributed by atoms with Crippen molar-refractivity contribution >= 4 is 17.8 Å². The predicted octanol–water partition coefficient (Wildman–Crippen LogP) is 3.63. The molecule has 2 aliphatic rings. The van der Waals surface area contributed by atoms with Crippen molar-refractivity contribution in [2.75, 3.05) is 7.11 Å². The summed E-state index contributed by atoms with van der Waals surface area (Å²) in [5.74, 6) is -1.25. The number of methoxy groups -OCH3 is 1. The Kier molecular flexibility index (Phi) is 7.36. The van der Waals surface area contributed by atoms with E-state index in [1.54, 1.807) is 14.0 Å². The number of hydrogen-bond acceptors (Lipinski definition) is 6. The smallest absolute Gasteiger partial charge is 0.408 e. The van der Waals surface area contributed by atoms with E-state index >= 15 is 0 Å². The molecule has 7 heteroatoms. The Morgan fingerprint density at radius 3 is 2.38 bits per heavy atom. The first-order valence-corrected chi connectivity index (χ1v) is 10.8. The largest absolute Gasteiger partial charge is 0.458 e. The van der Waals surface area contributed by atoms with Crippen LogP contribution in [0.5, 0.6) is 0 Å². The van der Waals surface area contributed by atoms with Crippen molar-refractivity contribution in [2.24, 2.45) is 17.8 Å². The molecule has 1 N–H and O–H groups in total. The first kappa shape index (κ1) is 23.6. The van der Waals surface area contributed by atoms with Gasteiger partial charge in [-0.15, -0.1) is 0 Å². The van der Waals surface area contributed by atoms with Crippen LogP contribution in [0.3, 0.4) is 0 Å². The topological polar surface area (TPSA) is 90.9 Å². The molecule has 0 spiro atoms. The van der Waals surface area contributed by atoms with Crippen LogP contribution in [0.4, 0.5) is 4.79 Å². The van der Waals surface area contributed by atoms with E-state index in [0.29, 0.717) is 19.3 Å². The second kappa shape index (κ2) is 9.02. The molecule has 0 radical (unpaired) electrons. The number of carbonyl (C=O) groups excluding carboxylic acids is 3. The molecule has 0 saturated carbocycles. The lowest BCUT2D eigenvalue weighted by Gasteiger charge is -2.39. The number of rotatable bonds is 2. The molecule has 2 fully saturated rings. The minimum Gasteiger partial charge on any atom is -0.458 e. The molecule has 7 nitrogen and oxygen atoms in total. The van der Waals surface area contributed by atoms with Gasteiger partial charge in [0.15, 0.2) is 5.60 Å². The van der Waals surface area contributed by atoms with Gasteiger partial charge in [-0.05, 0) is 46.0 Å². The number of ketones is 1. The molecule has 2 saturated heterocycles. The molecule has 2 aliphatic heterocycles. The SMILES string of the molecule is CC[C@H]1OC(=O)[C@H](C)CCC[C@](C)(OC)C[C@@H](C)C(=O)[C@H](C)[C@H]2NC(=O)O[C@@]21C. The standard InChI is InChI=1S/C22H37NO6/c1-8-16-22(6)18(23-20(26)29-22)15(4)17(24)14(3)12-21(5,27-7)11-9-10-13(2)19(25)28-16/h13-16,18H,8-12H2,1-7H3,(H,23,26)/t13-,14-,15+,16-,18-,21+,22-/m1/s1. The van der Waals surface area contributed by atoms with Gasteiger partial charge in [-0.25, -0.2) is 4.79 Å². The van der Waals surface area contributed by atoms with Crippen LogP contribution in [0.2, 0.25) is 0 Å². The average Bonchev–Trinajstić information content (AvgIpc) is 2.98. The Hall–Kier alpha value is -1.63. The highest BCUT2D eigenvalue weighted by atomic mass is 16.6. The van der Waals surface area contributed by atoms with Crippen LogP contribution in [0.15, 0.2) is 0 Å². The number of ether oxygens (including phenoxy) is 3. The minimum absolute atomic E-state index is 0.0434. The molecular formula is C22H37NO6. The number of alkyl carbamates (subject to hydrolysis) is 1. The second-order valence-corrected chi connectivity index (χ2v) is 9.27. The Labute approximate surface area is 174 Å². The number of hydrogen-bond donors (Lipinski definition) is 1. The lowest BCUT2D eigenvalue weighted by atomic mass is 9.75. The van der Waals surface area contributed by atoms with Gasteiger partial charge in [-0.3, -0.25) is 9.59 Å². The number of fused-ring (bicyclic) bond motifs is 1. The van der Waals surface area contributed by atoms with Crippen LogP contribution in [-0.2, 0) is 23.8 Å². The molecule has 0 aliphatic carbocycles. The summed E-state index contributed by atoms with van der Waals surface area (Å²) < 4.78 is 17.2. The monoisotopic (exact) mass is 411 g/mol. The van der Waals surface area contributed by atoms with E-state index in [2.05, 4.69) is 5.32 Å². The van der Waals surface area contributed by atoms with Crippen molar-refractivity contribution in [1.82, 2.24) is 5.32 Å². The Balaban J connectivity index is 2.42. The normalized spacial score (nSPS) is 42.3. The quantitative estimate of drug-likeness (QED) is 0.698. The van der Waals surface area contributed by atoms with Gasteiger partial charge in [0.2, 0.25) is 0 Å². The van der Waals surface area contributed by atoms with Crippen molar-refractivity contribution < 1.29 is 28.6 Å². The molecule has 2 rings (SSSR count). The van der Waals surface area contributed by atoms with Crippen LogP contribution >= 0.6 is 0 Å². The summed E-state index contributed by atoms with van der Waals surface area (Å²) in [7, 11) is 1.66. The Bertz CT molecular complexity index is 637. The van der Waals surface area contributed by atoms with Crippen molar-refractivity contribution in [2.45, 2.75) is 97.0 Å². The summed E-state index contributed by atoms with van der Waals surface area (Å²) in [5, 5.41) is 2.80. The highest BCUT2D eigenvalue weighted by Gasteiger charge is 2.55. The fraction of sp³-hybridized carbons (Fsp3) is 0.864. The maximum atomic E-state index is 13.3. The van der Waals surface area contributed by atoms with Crippen LogP contribution < -0.4 is 5.32 Å².